The van der Waals surface area contributed by atoms with Crippen molar-refractivity contribution >= 4 is 17.7 Å². The Kier molecular flexibility index (Phi) is 4.80. The van der Waals surface area contributed by atoms with E-state index in [1.54, 1.807) is 6.07 Å². The Hall–Kier alpha value is -2.08. The minimum atomic E-state index is -0.980. The molecule has 0 spiro atoms. The van der Waals surface area contributed by atoms with Crippen LogP contribution in [0.3, 0.4) is 0 Å². The van der Waals surface area contributed by atoms with Crippen LogP contribution in [0.1, 0.15) is 12.5 Å². The van der Waals surface area contributed by atoms with Crippen molar-refractivity contribution in [2.45, 2.75) is 19.4 Å². The molecule has 1 heterocycles. The minimum absolute atomic E-state index is 0.350. The van der Waals surface area contributed by atoms with E-state index >= 15 is 0 Å². The fourth-order valence-electron chi connectivity index (χ4n) is 2.43. The van der Waals surface area contributed by atoms with E-state index in [0.717, 1.165) is 18.7 Å². The summed E-state index contributed by atoms with van der Waals surface area (Å²) >= 11 is 0. The van der Waals surface area contributed by atoms with Gasteiger partial charge in [-0.1, -0.05) is 25.1 Å². The zero-order chi connectivity index (χ0) is 15.4. The molecule has 2 rings (SSSR count). The lowest BCUT2D eigenvalue weighted by molar-refractivity contribution is -0.138. The first-order chi connectivity index (χ1) is 10.0. The molecule has 2 amide bonds. The minimum Gasteiger partial charge on any atom is -0.480 e. The molecule has 1 aromatic carbocycles. The smallest absolute Gasteiger partial charge is 0.327 e. The molecular weight excluding hydrogens is 270 g/mol. The molecule has 0 saturated heterocycles. The lowest BCUT2D eigenvalue weighted by Gasteiger charge is -2.23. The number of carbonyl (C=O) groups is 2. The zero-order valence-corrected chi connectivity index (χ0v) is 12.4. The fraction of sp³-hybridized carbons (Fsp3) is 0.467. The first-order valence-corrected chi connectivity index (χ1v) is 7.11. The van der Waals surface area contributed by atoms with Gasteiger partial charge in [0.1, 0.15) is 6.04 Å². The largest absolute Gasteiger partial charge is 0.480 e. The lowest BCUT2D eigenvalue weighted by atomic mass is 10.1. The number of carbonyl (C=O) groups excluding carboxylic acids is 1. The van der Waals surface area contributed by atoms with E-state index in [1.807, 2.05) is 32.2 Å². The fourth-order valence-corrected chi connectivity index (χ4v) is 2.43. The summed E-state index contributed by atoms with van der Waals surface area (Å²) in [5.74, 6) is -0.980. The number of carboxylic acids is 1. The number of amides is 2. The number of hydrogen-bond donors (Lipinski definition) is 2. The normalized spacial score (nSPS) is 16.9. The van der Waals surface area contributed by atoms with Crippen molar-refractivity contribution in [3.63, 3.8) is 0 Å². The number of carboxylic acid groups (broad SMARTS) is 1. The summed E-state index contributed by atoms with van der Waals surface area (Å²) in [6.07, 6.45) is 0.355. The third-order valence-electron chi connectivity index (χ3n) is 3.79. The number of urea groups is 1. The van der Waals surface area contributed by atoms with Crippen molar-refractivity contribution in [2.75, 3.05) is 31.6 Å². The van der Waals surface area contributed by atoms with E-state index in [-0.39, 0.29) is 6.03 Å². The number of para-hydroxylation sites is 1. The number of likely N-dealkylation sites (N-methyl/N-ethyl adjacent to an activating group) is 1. The highest BCUT2D eigenvalue weighted by Crippen LogP contribution is 2.32. The van der Waals surface area contributed by atoms with Gasteiger partial charge in [-0.15, -0.1) is 0 Å². The topological polar surface area (TPSA) is 72.9 Å². The van der Waals surface area contributed by atoms with Gasteiger partial charge in [0.2, 0.25) is 0 Å². The number of rotatable bonds is 5. The highest BCUT2D eigenvalue weighted by molar-refractivity contribution is 6.01. The van der Waals surface area contributed by atoms with Gasteiger partial charge in [-0.2, -0.15) is 0 Å². The Morgan fingerprint density at radius 3 is 2.81 bits per heavy atom. The highest BCUT2D eigenvalue weighted by atomic mass is 16.4. The second kappa shape index (κ2) is 6.58. The molecule has 0 radical (unpaired) electrons. The average Bonchev–Trinajstić information content (AvgIpc) is 2.86. The second-order valence-corrected chi connectivity index (χ2v) is 5.18. The predicted molar refractivity (Wildman–Crippen MR) is 80.6 cm³/mol. The van der Waals surface area contributed by atoms with Gasteiger partial charge in [-0.05, 0) is 25.2 Å². The van der Waals surface area contributed by atoms with Crippen molar-refractivity contribution in [2.24, 2.45) is 0 Å². The number of fused-ring (bicyclic) bond motifs is 1. The molecule has 0 aromatic heterocycles. The van der Waals surface area contributed by atoms with Gasteiger partial charge in [0, 0.05) is 25.2 Å². The molecule has 0 saturated carbocycles. The molecule has 1 aliphatic heterocycles. The molecule has 114 valence electrons. The lowest BCUT2D eigenvalue weighted by Crippen LogP contribution is -2.49. The van der Waals surface area contributed by atoms with Crippen LogP contribution in [0, 0.1) is 0 Å². The predicted octanol–water partition coefficient (Wildman–Crippen LogP) is 1.16. The van der Waals surface area contributed by atoms with Crippen molar-refractivity contribution in [3.8, 4) is 0 Å². The molecule has 1 aliphatic rings. The first-order valence-electron chi connectivity index (χ1n) is 7.11. The Labute approximate surface area is 124 Å². The zero-order valence-electron chi connectivity index (χ0n) is 12.4. The standard InChI is InChI=1S/C15H21N3O3/c1-3-17(2)9-8-16-15(21)18-12-7-5-4-6-11(12)10-13(18)14(19)20/h4-7,13H,3,8-10H2,1-2H3,(H,16,21)(H,19,20)/t13-/m0/s1. The number of nitrogens with zero attached hydrogens (tertiary/aromatic N) is 2. The van der Waals surface area contributed by atoms with Crippen LogP contribution in [0.4, 0.5) is 10.5 Å². The van der Waals surface area contributed by atoms with Crippen molar-refractivity contribution in [1.29, 1.82) is 0 Å². The van der Waals surface area contributed by atoms with Gasteiger partial charge in [-0.3, -0.25) is 4.90 Å². The van der Waals surface area contributed by atoms with E-state index in [1.165, 1.54) is 4.90 Å². The van der Waals surface area contributed by atoms with E-state index in [9.17, 15) is 14.7 Å². The quantitative estimate of drug-likeness (QED) is 0.854. The molecular formula is C15H21N3O3. The van der Waals surface area contributed by atoms with Crippen molar-refractivity contribution < 1.29 is 14.7 Å². The SMILES string of the molecule is CCN(C)CCNC(=O)N1c2ccccc2C[C@H]1C(=O)O. The molecule has 2 N–H and O–H groups in total. The van der Waals surface area contributed by atoms with Gasteiger partial charge in [-0.25, -0.2) is 9.59 Å². The van der Waals surface area contributed by atoms with E-state index in [4.69, 9.17) is 0 Å². The van der Waals surface area contributed by atoms with Crippen LogP contribution in [-0.2, 0) is 11.2 Å². The molecule has 21 heavy (non-hydrogen) atoms. The molecule has 6 nitrogen and oxygen atoms in total. The van der Waals surface area contributed by atoms with E-state index in [0.29, 0.717) is 18.7 Å². The number of aliphatic carboxylic acids is 1. The van der Waals surface area contributed by atoms with Crippen LogP contribution in [0.15, 0.2) is 24.3 Å². The highest BCUT2D eigenvalue weighted by Gasteiger charge is 2.38. The van der Waals surface area contributed by atoms with Crippen molar-refractivity contribution in [1.82, 2.24) is 10.2 Å². The molecule has 1 aromatic rings. The summed E-state index contributed by atoms with van der Waals surface area (Å²) in [5.41, 5.74) is 1.58. The Balaban J connectivity index is 2.08. The van der Waals surface area contributed by atoms with Gasteiger partial charge in [0.15, 0.2) is 0 Å². The molecule has 6 heteroatoms. The summed E-state index contributed by atoms with van der Waals surface area (Å²) in [6, 6.07) is 6.14. The Morgan fingerprint density at radius 2 is 2.14 bits per heavy atom. The molecule has 0 aliphatic carbocycles. The third kappa shape index (κ3) is 3.33. The summed E-state index contributed by atoms with van der Waals surface area (Å²) in [7, 11) is 1.97. The van der Waals surface area contributed by atoms with Crippen LogP contribution in [0.5, 0.6) is 0 Å². The van der Waals surface area contributed by atoms with Crippen LogP contribution in [-0.4, -0.2) is 54.7 Å². The maximum atomic E-state index is 12.3. The summed E-state index contributed by atoms with van der Waals surface area (Å²) in [4.78, 5) is 27.1. The van der Waals surface area contributed by atoms with Gasteiger partial charge in [0.25, 0.3) is 0 Å². The maximum Gasteiger partial charge on any atom is 0.327 e. The third-order valence-corrected chi connectivity index (χ3v) is 3.79. The van der Waals surface area contributed by atoms with E-state index < -0.39 is 12.0 Å². The van der Waals surface area contributed by atoms with Crippen molar-refractivity contribution in [3.05, 3.63) is 29.8 Å². The summed E-state index contributed by atoms with van der Waals surface area (Å²) < 4.78 is 0. The molecule has 1 atom stereocenters. The molecule has 0 bridgehead atoms. The van der Waals surface area contributed by atoms with Crippen LogP contribution in [0.25, 0.3) is 0 Å². The molecule has 0 unspecified atom stereocenters. The Bertz CT molecular complexity index is 533. The number of anilines is 1. The van der Waals surface area contributed by atoms with Crippen LogP contribution in [0.2, 0.25) is 0 Å². The first kappa shape index (κ1) is 15.3. The van der Waals surface area contributed by atoms with Crippen LogP contribution >= 0.6 is 0 Å². The van der Waals surface area contributed by atoms with Gasteiger partial charge < -0.3 is 15.3 Å². The average molecular weight is 291 g/mol. The van der Waals surface area contributed by atoms with Gasteiger partial charge >= 0.3 is 12.0 Å². The summed E-state index contributed by atoms with van der Waals surface area (Å²) in [6.45, 7) is 4.17. The Morgan fingerprint density at radius 1 is 1.43 bits per heavy atom. The van der Waals surface area contributed by atoms with E-state index in [2.05, 4.69) is 10.2 Å². The number of nitrogens with one attached hydrogen (secondary N) is 1. The second-order valence-electron chi connectivity index (χ2n) is 5.18. The van der Waals surface area contributed by atoms with Crippen LogP contribution < -0.4 is 10.2 Å². The number of hydrogen-bond acceptors (Lipinski definition) is 3. The maximum absolute atomic E-state index is 12.3. The van der Waals surface area contributed by atoms with Gasteiger partial charge in [0.05, 0.1) is 0 Å². The summed E-state index contributed by atoms with van der Waals surface area (Å²) in [5, 5.41) is 12.1. The number of benzene rings is 1. The molecule has 0 fully saturated rings. The monoisotopic (exact) mass is 291 g/mol.